The molecule has 3 heterocycles. The number of sulfonamides is 1. The van der Waals surface area contributed by atoms with Crippen LogP contribution in [0, 0.1) is 6.92 Å². The lowest BCUT2D eigenvalue weighted by molar-refractivity contribution is 0.102. The van der Waals surface area contributed by atoms with Gasteiger partial charge in [-0.3, -0.25) is 4.79 Å². The van der Waals surface area contributed by atoms with Gasteiger partial charge in [0.15, 0.2) is 0 Å². The van der Waals surface area contributed by atoms with Crippen molar-refractivity contribution in [2.75, 3.05) is 18.1 Å². The fourth-order valence-corrected chi connectivity index (χ4v) is 4.85. The van der Waals surface area contributed by atoms with Crippen LogP contribution in [0.3, 0.4) is 0 Å². The van der Waals surface area contributed by atoms with E-state index in [1.54, 1.807) is 6.92 Å². The molecule has 1 N–H and O–H groups in total. The second kappa shape index (κ2) is 6.88. The summed E-state index contributed by atoms with van der Waals surface area (Å²) in [5, 5.41) is 7.65. The van der Waals surface area contributed by atoms with Crippen molar-refractivity contribution in [1.29, 1.82) is 0 Å². The SMILES string of the molecule is Cc1noc2nc(C3CC3)cc(C(=O)Nc3cccc4c3CCN(S(C)(=O)=O)C4)c12. The Hall–Kier alpha value is -2.78. The Morgan fingerprint density at radius 2 is 2.10 bits per heavy atom. The lowest BCUT2D eigenvalue weighted by Crippen LogP contribution is -2.35. The number of rotatable bonds is 4. The van der Waals surface area contributed by atoms with E-state index in [0.29, 0.717) is 53.5 Å². The van der Waals surface area contributed by atoms with Crippen LogP contribution < -0.4 is 5.32 Å². The molecule has 0 atom stereocenters. The number of carbonyl (C=O) groups is 1. The first-order valence-electron chi connectivity index (χ1n) is 9.95. The first kappa shape index (κ1) is 19.2. The minimum atomic E-state index is -3.26. The van der Waals surface area contributed by atoms with E-state index in [1.807, 2.05) is 24.3 Å². The highest BCUT2D eigenvalue weighted by atomic mass is 32.2. The highest BCUT2D eigenvalue weighted by Gasteiger charge is 2.29. The van der Waals surface area contributed by atoms with Crippen molar-refractivity contribution in [2.45, 2.75) is 38.6 Å². The van der Waals surface area contributed by atoms with Crippen LogP contribution in [0.5, 0.6) is 0 Å². The number of anilines is 1. The predicted molar refractivity (Wildman–Crippen MR) is 112 cm³/mol. The van der Waals surface area contributed by atoms with Gasteiger partial charge in [-0.05, 0) is 49.4 Å². The van der Waals surface area contributed by atoms with E-state index in [0.717, 1.165) is 29.7 Å². The van der Waals surface area contributed by atoms with E-state index in [2.05, 4.69) is 15.5 Å². The fourth-order valence-electron chi connectivity index (χ4n) is 4.05. The Kier molecular flexibility index (Phi) is 4.41. The number of benzene rings is 1. The number of aromatic nitrogens is 2. The quantitative estimate of drug-likeness (QED) is 0.688. The minimum absolute atomic E-state index is 0.241. The van der Waals surface area contributed by atoms with Crippen molar-refractivity contribution in [3.05, 3.63) is 52.3 Å². The summed E-state index contributed by atoms with van der Waals surface area (Å²) < 4.78 is 30.6. The Morgan fingerprint density at radius 3 is 2.83 bits per heavy atom. The number of nitrogens with zero attached hydrogens (tertiary/aromatic N) is 3. The first-order chi connectivity index (χ1) is 14.3. The van der Waals surface area contributed by atoms with Crippen LogP contribution in [0.1, 0.15) is 51.6 Å². The predicted octanol–water partition coefficient (Wildman–Crippen LogP) is 2.98. The van der Waals surface area contributed by atoms with Crippen molar-refractivity contribution in [3.63, 3.8) is 0 Å². The topological polar surface area (TPSA) is 105 Å². The molecule has 1 aliphatic heterocycles. The monoisotopic (exact) mass is 426 g/mol. The summed E-state index contributed by atoms with van der Waals surface area (Å²) >= 11 is 0. The van der Waals surface area contributed by atoms with Crippen LogP contribution in [0.15, 0.2) is 28.8 Å². The summed E-state index contributed by atoms with van der Waals surface area (Å²) in [5.74, 6) is 0.132. The zero-order chi connectivity index (χ0) is 21.0. The van der Waals surface area contributed by atoms with Gasteiger partial charge in [0.1, 0.15) is 0 Å². The van der Waals surface area contributed by atoms with Crippen molar-refractivity contribution in [3.8, 4) is 0 Å². The van der Waals surface area contributed by atoms with E-state index >= 15 is 0 Å². The Bertz CT molecular complexity index is 1280. The summed E-state index contributed by atoms with van der Waals surface area (Å²) in [6.45, 7) is 2.51. The van der Waals surface area contributed by atoms with E-state index in [-0.39, 0.29) is 5.91 Å². The summed E-state index contributed by atoms with van der Waals surface area (Å²) in [5.41, 5.74) is 4.97. The number of hydrogen-bond acceptors (Lipinski definition) is 6. The molecule has 1 fully saturated rings. The smallest absolute Gasteiger partial charge is 0.259 e. The van der Waals surface area contributed by atoms with Gasteiger partial charge in [0.05, 0.1) is 22.9 Å². The molecule has 0 unspecified atom stereocenters. The normalized spacial score (nSPS) is 17.1. The molecule has 2 aromatic heterocycles. The van der Waals surface area contributed by atoms with Crippen LogP contribution in [0.2, 0.25) is 0 Å². The molecule has 8 nitrogen and oxygen atoms in total. The molecule has 0 spiro atoms. The van der Waals surface area contributed by atoms with Crippen molar-refractivity contribution < 1.29 is 17.7 Å². The van der Waals surface area contributed by atoms with Gasteiger partial charge < -0.3 is 9.84 Å². The molecule has 156 valence electrons. The number of carbonyl (C=O) groups excluding carboxylic acids is 1. The number of aryl methyl sites for hydroxylation is 1. The number of fused-ring (bicyclic) bond motifs is 2. The Balaban J connectivity index is 1.49. The van der Waals surface area contributed by atoms with E-state index in [1.165, 1.54) is 10.6 Å². The van der Waals surface area contributed by atoms with Crippen LogP contribution in [-0.2, 0) is 23.0 Å². The maximum Gasteiger partial charge on any atom is 0.259 e. The zero-order valence-electron chi connectivity index (χ0n) is 16.8. The first-order valence-corrected chi connectivity index (χ1v) is 11.8. The highest BCUT2D eigenvalue weighted by molar-refractivity contribution is 7.88. The zero-order valence-corrected chi connectivity index (χ0v) is 17.6. The number of amides is 1. The number of nitrogens with one attached hydrogen (secondary N) is 1. The number of pyridine rings is 1. The Labute approximate surface area is 174 Å². The number of hydrogen-bond donors (Lipinski definition) is 1. The van der Waals surface area contributed by atoms with Crippen LogP contribution in [0.25, 0.3) is 11.1 Å². The second-order valence-electron chi connectivity index (χ2n) is 8.06. The van der Waals surface area contributed by atoms with Crippen LogP contribution in [0.4, 0.5) is 5.69 Å². The largest absolute Gasteiger partial charge is 0.336 e. The molecular formula is C21H22N4O4S. The molecule has 1 aliphatic carbocycles. The maximum absolute atomic E-state index is 13.3. The van der Waals surface area contributed by atoms with Crippen molar-refractivity contribution >= 4 is 32.7 Å². The second-order valence-corrected chi connectivity index (χ2v) is 10.0. The maximum atomic E-state index is 13.3. The van der Waals surface area contributed by atoms with E-state index in [9.17, 15) is 13.2 Å². The van der Waals surface area contributed by atoms with Gasteiger partial charge >= 0.3 is 0 Å². The summed E-state index contributed by atoms with van der Waals surface area (Å²) in [6.07, 6.45) is 3.90. The summed E-state index contributed by atoms with van der Waals surface area (Å²) in [6, 6.07) is 7.44. The molecule has 2 aliphatic rings. The van der Waals surface area contributed by atoms with Gasteiger partial charge in [-0.25, -0.2) is 13.4 Å². The fraction of sp³-hybridized carbons (Fsp3) is 0.381. The minimum Gasteiger partial charge on any atom is -0.336 e. The molecule has 5 rings (SSSR count). The van der Waals surface area contributed by atoms with Crippen LogP contribution >= 0.6 is 0 Å². The highest BCUT2D eigenvalue weighted by Crippen LogP contribution is 2.40. The van der Waals surface area contributed by atoms with E-state index in [4.69, 9.17) is 4.52 Å². The van der Waals surface area contributed by atoms with Crippen LogP contribution in [-0.4, -0.2) is 41.6 Å². The van der Waals surface area contributed by atoms with Crippen molar-refractivity contribution in [2.24, 2.45) is 0 Å². The Morgan fingerprint density at radius 1 is 1.30 bits per heavy atom. The lowest BCUT2D eigenvalue weighted by atomic mass is 9.98. The third-order valence-corrected chi connectivity index (χ3v) is 7.08. The molecule has 0 radical (unpaired) electrons. The molecule has 1 saturated carbocycles. The molecule has 1 amide bonds. The average Bonchev–Trinajstić information content (AvgIpc) is 3.50. The standard InChI is InChI=1S/C21H22N4O4S/c1-12-19-16(10-18(13-6-7-13)23-21(19)29-24-12)20(26)22-17-5-3-4-14-11-25(30(2,27)28)9-8-15(14)17/h3-5,10,13H,6-9,11H2,1-2H3,(H,22,26). The summed E-state index contributed by atoms with van der Waals surface area (Å²) in [7, 11) is -3.26. The molecule has 0 saturated heterocycles. The molecule has 3 aromatic rings. The van der Waals surface area contributed by atoms with Gasteiger partial charge in [-0.15, -0.1) is 0 Å². The molecule has 9 heteroatoms. The van der Waals surface area contributed by atoms with Gasteiger partial charge in [-0.2, -0.15) is 4.31 Å². The average molecular weight is 426 g/mol. The van der Waals surface area contributed by atoms with Gasteiger partial charge in [0.25, 0.3) is 11.6 Å². The van der Waals surface area contributed by atoms with Crippen molar-refractivity contribution in [1.82, 2.24) is 14.4 Å². The molecular weight excluding hydrogens is 404 g/mol. The van der Waals surface area contributed by atoms with E-state index < -0.39 is 10.0 Å². The van der Waals surface area contributed by atoms with Gasteiger partial charge in [0, 0.05) is 30.4 Å². The molecule has 30 heavy (non-hydrogen) atoms. The summed E-state index contributed by atoms with van der Waals surface area (Å²) in [4.78, 5) is 17.8. The third kappa shape index (κ3) is 3.37. The lowest BCUT2D eigenvalue weighted by Gasteiger charge is -2.28. The third-order valence-electron chi connectivity index (χ3n) is 5.83. The van der Waals surface area contributed by atoms with Gasteiger partial charge in [-0.1, -0.05) is 17.3 Å². The molecule has 0 bridgehead atoms. The van der Waals surface area contributed by atoms with Gasteiger partial charge in [0.2, 0.25) is 10.0 Å². The molecule has 1 aromatic carbocycles.